The van der Waals surface area contributed by atoms with Gasteiger partial charge in [-0.15, -0.1) is 13.2 Å². The molecule has 0 aliphatic rings. The minimum Gasteiger partial charge on any atom is -0.388 e. The fourth-order valence-electron chi connectivity index (χ4n) is 1.23. The van der Waals surface area contributed by atoms with Crippen LogP contribution in [0.3, 0.4) is 0 Å². The third-order valence-electron chi connectivity index (χ3n) is 1.84. The number of nitro groups is 1. The minimum absolute atomic E-state index is 0.210. The third-order valence-corrected chi connectivity index (χ3v) is 1.84. The summed E-state index contributed by atoms with van der Waals surface area (Å²) in [5.74, 6) is -1.16. The highest BCUT2D eigenvalue weighted by Gasteiger charge is 2.34. The molecule has 1 aromatic heterocycles. The molecule has 0 spiro atoms. The molecular formula is C8H5F5N2O3. The zero-order valence-corrected chi connectivity index (χ0v) is 8.66. The van der Waals surface area contributed by atoms with Gasteiger partial charge in [-0.1, -0.05) is 0 Å². The fourth-order valence-corrected chi connectivity index (χ4v) is 1.23. The molecule has 0 amide bonds. The molecule has 0 unspecified atom stereocenters. The second-order valence-electron chi connectivity index (χ2n) is 3.08. The first-order chi connectivity index (χ1) is 8.11. The van der Waals surface area contributed by atoms with E-state index in [0.717, 1.165) is 6.92 Å². The second kappa shape index (κ2) is 4.70. The molecular weight excluding hydrogens is 267 g/mol. The maximum atomic E-state index is 12.5. The van der Waals surface area contributed by atoms with E-state index < -0.39 is 40.5 Å². The van der Waals surface area contributed by atoms with E-state index in [2.05, 4.69) is 9.72 Å². The number of halogens is 5. The van der Waals surface area contributed by atoms with Gasteiger partial charge in [0.1, 0.15) is 5.56 Å². The molecule has 1 heterocycles. The number of alkyl halides is 5. The highest BCUT2D eigenvalue weighted by Crippen LogP contribution is 2.34. The molecule has 0 saturated heterocycles. The van der Waals surface area contributed by atoms with Crippen molar-refractivity contribution in [1.29, 1.82) is 0 Å². The summed E-state index contributed by atoms with van der Waals surface area (Å²) in [6, 6.07) is 0.210. The second-order valence-corrected chi connectivity index (χ2v) is 3.08. The molecule has 0 aliphatic carbocycles. The van der Waals surface area contributed by atoms with E-state index >= 15 is 0 Å². The van der Waals surface area contributed by atoms with Gasteiger partial charge in [-0.05, 0) is 6.92 Å². The molecule has 0 fully saturated rings. The Bertz CT molecular complexity index is 475. The lowest BCUT2D eigenvalue weighted by molar-refractivity contribution is -0.386. The minimum atomic E-state index is -5.11. The van der Waals surface area contributed by atoms with E-state index in [4.69, 9.17) is 0 Å². The highest BCUT2D eigenvalue weighted by molar-refractivity contribution is 5.46. The van der Waals surface area contributed by atoms with Crippen molar-refractivity contribution in [3.05, 3.63) is 27.4 Å². The lowest BCUT2D eigenvalue weighted by Gasteiger charge is -2.10. The van der Waals surface area contributed by atoms with Gasteiger partial charge in [0.15, 0.2) is 0 Å². The van der Waals surface area contributed by atoms with E-state index in [1.807, 2.05) is 0 Å². The van der Waals surface area contributed by atoms with Crippen molar-refractivity contribution in [2.45, 2.75) is 19.7 Å². The Hall–Kier alpha value is -2.00. The van der Waals surface area contributed by atoms with Crippen LogP contribution < -0.4 is 4.74 Å². The summed E-state index contributed by atoms with van der Waals surface area (Å²) in [4.78, 5) is 12.4. The van der Waals surface area contributed by atoms with E-state index in [1.165, 1.54) is 0 Å². The van der Waals surface area contributed by atoms with Crippen molar-refractivity contribution in [3.63, 3.8) is 0 Å². The SMILES string of the molecule is Cc1nc(OC(F)(F)F)cc([N+](=O)[O-])c1C(F)F. The van der Waals surface area contributed by atoms with E-state index in [1.54, 1.807) is 0 Å². The summed E-state index contributed by atoms with van der Waals surface area (Å²) >= 11 is 0. The quantitative estimate of drug-likeness (QED) is 0.481. The summed E-state index contributed by atoms with van der Waals surface area (Å²) in [7, 11) is 0. The maximum absolute atomic E-state index is 12.5. The Balaban J connectivity index is 3.32. The fraction of sp³-hybridized carbons (Fsp3) is 0.375. The van der Waals surface area contributed by atoms with Gasteiger partial charge in [0.25, 0.3) is 12.1 Å². The van der Waals surface area contributed by atoms with Crippen molar-refractivity contribution in [3.8, 4) is 5.88 Å². The third kappa shape index (κ3) is 3.25. The standard InChI is InChI=1S/C8H5F5N2O3/c1-3-6(7(9)10)4(15(16)17)2-5(14-3)18-8(11,12)13/h2,7H,1H3. The summed E-state index contributed by atoms with van der Waals surface area (Å²) in [6.07, 6.45) is -8.34. The molecule has 1 aromatic rings. The first-order valence-corrected chi connectivity index (χ1v) is 4.31. The van der Waals surface area contributed by atoms with Crippen LogP contribution >= 0.6 is 0 Å². The molecule has 0 N–H and O–H groups in total. The average Bonchev–Trinajstić information content (AvgIpc) is 2.12. The van der Waals surface area contributed by atoms with Crippen molar-refractivity contribution in [1.82, 2.24) is 4.98 Å². The van der Waals surface area contributed by atoms with E-state index in [-0.39, 0.29) is 6.07 Å². The number of hydrogen-bond acceptors (Lipinski definition) is 4. The van der Waals surface area contributed by atoms with Crippen molar-refractivity contribution in [2.75, 3.05) is 0 Å². The van der Waals surface area contributed by atoms with Gasteiger partial charge in [0, 0.05) is 0 Å². The van der Waals surface area contributed by atoms with E-state index in [9.17, 15) is 32.1 Å². The molecule has 0 saturated carbocycles. The number of aryl methyl sites for hydroxylation is 1. The van der Waals surface area contributed by atoms with Gasteiger partial charge < -0.3 is 4.74 Å². The summed E-state index contributed by atoms with van der Waals surface area (Å²) < 4.78 is 64.0. The monoisotopic (exact) mass is 272 g/mol. The molecule has 0 radical (unpaired) electrons. The molecule has 10 heteroatoms. The maximum Gasteiger partial charge on any atom is 0.574 e. The van der Waals surface area contributed by atoms with Gasteiger partial charge >= 0.3 is 6.36 Å². The summed E-state index contributed by atoms with van der Waals surface area (Å²) in [5, 5.41) is 10.5. The Morgan fingerprint density at radius 1 is 1.44 bits per heavy atom. The molecule has 100 valence electrons. The van der Waals surface area contributed by atoms with Crippen molar-refractivity contribution < 1.29 is 31.6 Å². The van der Waals surface area contributed by atoms with Crippen LogP contribution in [0, 0.1) is 17.0 Å². The first-order valence-electron chi connectivity index (χ1n) is 4.31. The molecule has 0 bridgehead atoms. The Labute approximate surface area is 96.3 Å². The Kier molecular flexibility index (Phi) is 3.67. The topological polar surface area (TPSA) is 65.3 Å². The van der Waals surface area contributed by atoms with Crippen molar-refractivity contribution in [2.24, 2.45) is 0 Å². The Morgan fingerprint density at radius 2 is 2.00 bits per heavy atom. The van der Waals surface area contributed by atoms with Crippen LogP contribution in [0.2, 0.25) is 0 Å². The average molecular weight is 272 g/mol. The van der Waals surface area contributed by atoms with Gasteiger partial charge in [0.05, 0.1) is 16.7 Å². The number of pyridine rings is 1. The van der Waals surface area contributed by atoms with E-state index in [0.29, 0.717) is 0 Å². The number of aromatic nitrogens is 1. The summed E-state index contributed by atoms with van der Waals surface area (Å²) in [5.41, 5.74) is -2.80. The predicted molar refractivity (Wildman–Crippen MR) is 47.3 cm³/mol. The molecule has 1 rings (SSSR count). The normalized spacial score (nSPS) is 11.7. The van der Waals surface area contributed by atoms with Crippen LogP contribution in [0.5, 0.6) is 5.88 Å². The van der Waals surface area contributed by atoms with Crippen LogP contribution in [0.15, 0.2) is 6.07 Å². The predicted octanol–water partition coefficient (Wildman–Crippen LogP) is 3.13. The van der Waals surface area contributed by atoms with Crippen LogP contribution in [-0.2, 0) is 0 Å². The van der Waals surface area contributed by atoms with Crippen LogP contribution in [-0.4, -0.2) is 16.3 Å². The van der Waals surface area contributed by atoms with Gasteiger partial charge in [-0.2, -0.15) is 0 Å². The largest absolute Gasteiger partial charge is 0.574 e. The van der Waals surface area contributed by atoms with Crippen LogP contribution in [0.4, 0.5) is 27.6 Å². The zero-order chi connectivity index (χ0) is 14.1. The molecule has 0 aromatic carbocycles. The van der Waals surface area contributed by atoms with Gasteiger partial charge in [-0.3, -0.25) is 10.1 Å². The van der Waals surface area contributed by atoms with Gasteiger partial charge in [-0.25, -0.2) is 13.8 Å². The number of rotatable bonds is 3. The smallest absolute Gasteiger partial charge is 0.388 e. The molecule has 18 heavy (non-hydrogen) atoms. The summed E-state index contributed by atoms with van der Waals surface area (Å²) in [6.45, 7) is 0.928. The van der Waals surface area contributed by atoms with Gasteiger partial charge in [0.2, 0.25) is 5.88 Å². The zero-order valence-electron chi connectivity index (χ0n) is 8.66. The molecule has 0 aliphatic heterocycles. The van der Waals surface area contributed by atoms with Crippen LogP contribution in [0.1, 0.15) is 17.7 Å². The van der Waals surface area contributed by atoms with Crippen LogP contribution in [0.25, 0.3) is 0 Å². The van der Waals surface area contributed by atoms with Crippen molar-refractivity contribution >= 4 is 5.69 Å². The number of ether oxygens (including phenoxy) is 1. The lowest BCUT2D eigenvalue weighted by Crippen LogP contribution is -2.18. The molecule has 0 atom stereocenters. The first kappa shape index (κ1) is 14.1. The number of hydrogen-bond donors (Lipinski definition) is 0. The number of nitrogens with zero attached hydrogens (tertiary/aromatic N) is 2. The molecule has 5 nitrogen and oxygen atoms in total. The lowest BCUT2D eigenvalue weighted by atomic mass is 10.2. The Morgan fingerprint density at radius 3 is 2.39 bits per heavy atom. The highest BCUT2D eigenvalue weighted by atomic mass is 19.4.